The molecular formula is C19H29N5O2. The number of amides is 2. The van der Waals surface area contributed by atoms with Crippen LogP contribution in [0.15, 0.2) is 24.5 Å². The van der Waals surface area contributed by atoms with E-state index in [1.165, 1.54) is 6.42 Å². The molecule has 0 saturated carbocycles. The normalized spacial score (nSPS) is 19.3. The van der Waals surface area contributed by atoms with Gasteiger partial charge in [0.1, 0.15) is 0 Å². The van der Waals surface area contributed by atoms with Gasteiger partial charge in [0, 0.05) is 63.8 Å². The number of carbonyl (C=O) groups excluding carboxylic acids is 2. The largest absolute Gasteiger partial charge is 0.368 e. The Kier molecular flexibility index (Phi) is 6.44. The number of hydrogen-bond acceptors (Lipinski definition) is 5. The molecule has 2 fully saturated rings. The van der Waals surface area contributed by atoms with Crippen LogP contribution in [0.25, 0.3) is 0 Å². The molecule has 1 aromatic rings. The van der Waals surface area contributed by atoms with Gasteiger partial charge >= 0.3 is 0 Å². The number of hydrogen-bond donors (Lipinski definition) is 1. The Hall–Kier alpha value is -2.15. The molecular weight excluding hydrogens is 330 g/mol. The van der Waals surface area contributed by atoms with Gasteiger partial charge in [0.15, 0.2) is 0 Å². The van der Waals surface area contributed by atoms with Crippen molar-refractivity contribution in [3.05, 3.63) is 24.5 Å². The predicted octanol–water partition coefficient (Wildman–Crippen LogP) is 0.850. The second kappa shape index (κ2) is 8.98. The molecule has 3 heterocycles. The highest BCUT2D eigenvalue weighted by molar-refractivity contribution is 5.83. The third kappa shape index (κ3) is 4.72. The molecule has 7 heteroatoms. The Morgan fingerprint density at radius 1 is 0.962 bits per heavy atom. The summed E-state index contributed by atoms with van der Waals surface area (Å²) in [4.78, 5) is 34.8. The summed E-state index contributed by atoms with van der Waals surface area (Å²) < 4.78 is 0. The van der Waals surface area contributed by atoms with Crippen LogP contribution >= 0.6 is 0 Å². The Morgan fingerprint density at radius 2 is 1.62 bits per heavy atom. The average molecular weight is 359 g/mol. The van der Waals surface area contributed by atoms with E-state index in [1.54, 1.807) is 12.4 Å². The maximum Gasteiger partial charge on any atom is 0.239 e. The molecule has 0 aliphatic carbocycles. The molecule has 2 amide bonds. The minimum Gasteiger partial charge on any atom is -0.368 e. The third-order valence-corrected chi connectivity index (χ3v) is 5.31. The van der Waals surface area contributed by atoms with Gasteiger partial charge < -0.3 is 20.4 Å². The van der Waals surface area contributed by atoms with Gasteiger partial charge in [-0.2, -0.15) is 0 Å². The van der Waals surface area contributed by atoms with Gasteiger partial charge in [-0.3, -0.25) is 14.6 Å². The van der Waals surface area contributed by atoms with Gasteiger partial charge in [0.05, 0.1) is 6.04 Å². The first-order valence-corrected chi connectivity index (χ1v) is 9.62. The third-order valence-electron chi connectivity index (χ3n) is 5.31. The lowest BCUT2D eigenvalue weighted by atomic mass is 10.1. The number of aromatic nitrogens is 1. The standard InChI is InChI=1S/C19H29N5O2/c20-17(19(26)24-10-2-1-3-11-24)4-5-18(25)23-14-12-22(13-15-23)16-6-8-21-9-7-16/h6-9,17H,1-5,10-15,20H2. The number of likely N-dealkylation sites (tertiary alicyclic amines) is 1. The zero-order valence-corrected chi connectivity index (χ0v) is 15.3. The van der Waals surface area contributed by atoms with Gasteiger partial charge in [-0.15, -0.1) is 0 Å². The van der Waals surface area contributed by atoms with Crippen molar-refractivity contribution in [2.45, 2.75) is 38.1 Å². The summed E-state index contributed by atoms with van der Waals surface area (Å²) in [6.07, 6.45) is 7.64. The van der Waals surface area contributed by atoms with Crippen LogP contribution < -0.4 is 10.6 Å². The topological polar surface area (TPSA) is 82.8 Å². The van der Waals surface area contributed by atoms with E-state index in [9.17, 15) is 9.59 Å². The van der Waals surface area contributed by atoms with Crippen LogP contribution in [-0.2, 0) is 9.59 Å². The highest BCUT2D eigenvalue weighted by Gasteiger charge is 2.25. The molecule has 1 unspecified atom stereocenters. The molecule has 2 N–H and O–H groups in total. The van der Waals surface area contributed by atoms with Gasteiger partial charge in [-0.05, 0) is 37.8 Å². The molecule has 0 spiro atoms. The quantitative estimate of drug-likeness (QED) is 0.843. The number of rotatable bonds is 5. The van der Waals surface area contributed by atoms with Crippen molar-refractivity contribution in [2.24, 2.45) is 5.73 Å². The maximum atomic E-state index is 12.5. The van der Waals surface area contributed by atoms with E-state index in [0.717, 1.165) is 44.7 Å². The zero-order chi connectivity index (χ0) is 18.4. The molecule has 7 nitrogen and oxygen atoms in total. The molecule has 0 bridgehead atoms. The summed E-state index contributed by atoms with van der Waals surface area (Å²) in [6.45, 7) is 4.64. The second-order valence-electron chi connectivity index (χ2n) is 7.10. The lowest BCUT2D eigenvalue weighted by molar-refractivity contribution is -0.134. The van der Waals surface area contributed by atoms with E-state index in [-0.39, 0.29) is 11.8 Å². The van der Waals surface area contributed by atoms with Crippen LogP contribution in [0.5, 0.6) is 0 Å². The van der Waals surface area contributed by atoms with Crippen LogP contribution in [0.3, 0.4) is 0 Å². The SMILES string of the molecule is NC(CCC(=O)N1CCN(c2ccncc2)CC1)C(=O)N1CCCCC1. The number of piperazine rings is 1. The number of pyridine rings is 1. The van der Waals surface area contributed by atoms with E-state index in [2.05, 4.69) is 9.88 Å². The fraction of sp³-hybridized carbons (Fsp3) is 0.632. The van der Waals surface area contributed by atoms with Gasteiger partial charge in [-0.25, -0.2) is 0 Å². The molecule has 142 valence electrons. The molecule has 2 saturated heterocycles. The van der Waals surface area contributed by atoms with Crippen LogP contribution in [0.2, 0.25) is 0 Å². The van der Waals surface area contributed by atoms with E-state index >= 15 is 0 Å². The van der Waals surface area contributed by atoms with E-state index < -0.39 is 6.04 Å². The summed E-state index contributed by atoms with van der Waals surface area (Å²) >= 11 is 0. The van der Waals surface area contributed by atoms with E-state index in [4.69, 9.17) is 5.73 Å². The van der Waals surface area contributed by atoms with Crippen molar-refractivity contribution in [1.82, 2.24) is 14.8 Å². The monoisotopic (exact) mass is 359 g/mol. The molecule has 2 aliphatic heterocycles. The molecule has 1 atom stereocenters. The van der Waals surface area contributed by atoms with Crippen molar-refractivity contribution in [3.63, 3.8) is 0 Å². The number of carbonyl (C=O) groups is 2. The number of nitrogens with zero attached hydrogens (tertiary/aromatic N) is 4. The van der Waals surface area contributed by atoms with E-state index in [0.29, 0.717) is 25.9 Å². The fourth-order valence-electron chi connectivity index (χ4n) is 3.68. The van der Waals surface area contributed by atoms with Crippen molar-refractivity contribution in [3.8, 4) is 0 Å². The molecule has 0 radical (unpaired) electrons. The van der Waals surface area contributed by atoms with Crippen molar-refractivity contribution < 1.29 is 9.59 Å². The second-order valence-corrected chi connectivity index (χ2v) is 7.10. The molecule has 26 heavy (non-hydrogen) atoms. The lowest BCUT2D eigenvalue weighted by Crippen LogP contribution is -2.49. The number of nitrogens with two attached hydrogens (primary N) is 1. The first-order valence-electron chi connectivity index (χ1n) is 9.62. The first-order chi connectivity index (χ1) is 12.6. The van der Waals surface area contributed by atoms with Gasteiger partial charge in [0.2, 0.25) is 11.8 Å². The van der Waals surface area contributed by atoms with Crippen molar-refractivity contribution >= 4 is 17.5 Å². The van der Waals surface area contributed by atoms with Crippen LogP contribution in [-0.4, -0.2) is 71.9 Å². The summed E-state index contributed by atoms with van der Waals surface area (Å²) in [5.41, 5.74) is 7.19. The van der Waals surface area contributed by atoms with Crippen LogP contribution in [0.1, 0.15) is 32.1 Å². The number of piperidine rings is 1. The van der Waals surface area contributed by atoms with Crippen LogP contribution in [0.4, 0.5) is 5.69 Å². The predicted molar refractivity (Wildman–Crippen MR) is 101 cm³/mol. The molecule has 0 aromatic carbocycles. The smallest absolute Gasteiger partial charge is 0.239 e. The summed E-state index contributed by atoms with van der Waals surface area (Å²) in [6, 6.07) is 3.42. The first kappa shape index (κ1) is 18.6. The average Bonchev–Trinajstić information content (AvgIpc) is 2.72. The van der Waals surface area contributed by atoms with Crippen molar-refractivity contribution in [1.29, 1.82) is 0 Å². The molecule has 1 aromatic heterocycles. The lowest BCUT2D eigenvalue weighted by Gasteiger charge is -2.36. The fourth-order valence-corrected chi connectivity index (χ4v) is 3.68. The Labute approximate surface area is 155 Å². The molecule has 3 rings (SSSR count). The zero-order valence-electron chi connectivity index (χ0n) is 15.3. The Bertz CT molecular complexity index is 595. The Balaban J connectivity index is 1.40. The summed E-state index contributed by atoms with van der Waals surface area (Å²) in [7, 11) is 0. The highest BCUT2D eigenvalue weighted by Crippen LogP contribution is 2.16. The van der Waals surface area contributed by atoms with E-state index in [1.807, 2.05) is 21.9 Å². The van der Waals surface area contributed by atoms with Gasteiger partial charge in [0.25, 0.3) is 0 Å². The number of anilines is 1. The molecule has 2 aliphatic rings. The summed E-state index contributed by atoms with van der Waals surface area (Å²) in [5, 5.41) is 0. The minimum absolute atomic E-state index is 0.00000590. The Morgan fingerprint density at radius 3 is 2.27 bits per heavy atom. The van der Waals surface area contributed by atoms with Crippen LogP contribution in [0, 0.1) is 0 Å². The summed E-state index contributed by atoms with van der Waals surface area (Å²) in [5.74, 6) is 0.0984. The highest BCUT2D eigenvalue weighted by atomic mass is 16.2. The minimum atomic E-state index is -0.560. The van der Waals surface area contributed by atoms with Gasteiger partial charge in [-0.1, -0.05) is 0 Å². The van der Waals surface area contributed by atoms with Crippen molar-refractivity contribution in [2.75, 3.05) is 44.2 Å². The maximum absolute atomic E-state index is 12.5.